The van der Waals surface area contributed by atoms with Crippen LogP contribution in [0.3, 0.4) is 0 Å². The SMILES string of the molecule is Fc1ccc(-c2c(-c3ccncc3)nc3n2CCS3)cc1. The van der Waals surface area contributed by atoms with Crippen LogP contribution in [-0.4, -0.2) is 20.3 Å². The predicted molar refractivity (Wildman–Crippen MR) is 81.6 cm³/mol. The Morgan fingerprint density at radius 3 is 2.52 bits per heavy atom. The molecule has 0 radical (unpaired) electrons. The quantitative estimate of drug-likeness (QED) is 0.719. The molecule has 3 nitrogen and oxygen atoms in total. The van der Waals surface area contributed by atoms with E-state index in [0.29, 0.717) is 0 Å². The molecule has 2 aromatic heterocycles. The van der Waals surface area contributed by atoms with E-state index in [0.717, 1.165) is 40.0 Å². The lowest BCUT2D eigenvalue weighted by molar-refractivity contribution is 0.628. The Labute approximate surface area is 125 Å². The molecule has 5 heteroatoms. The monoisotopic (exact) mass is 297 g/mol. The summed E-state index contributed by atoms with van der Waals surface area (Å²) in [5.41, 5.74) is 4.02. The van der Waals surface area contributed by atoms with Gasteiger partial charge in [-0.2, -0.15) is 0 Å². The molecular weight excluding hydrogens is 285 g/mol. The number of aromatic nitrogens is 3. The Bertz CT molecular complexity index is 781. The minimum atomic E-state index is -0.222. The summed E-state index contributed by atoms with van der Waals surface area (Å²) in [6, 6.07) is 10.5. The molecule has 0 N–H and O–H groups in total. The van der Waals surface area contributed by atoms with Crippen LogP contribution in [0.25, 0.3) is 22.5 Å². The smallest absolute Gasteiger partial charge is 0.169 e. The van der Waals surface area contributed by atoms with Crippen molar-refractivity contribution in [3.05, 3.63) is 54.6 Å². The maximum atomic E-state index is 13.2. The number of fused-ring (bicyclic) bond motifs is 1. The van der Waals surface area contributed by atoms with Gasteiger partial charge in [-0.3, -0.25) is 4.98 Å². The highest BCUT2D eigenvalue weighted by Crippen LogP contribution is 2.38. The number of halogens is 1. The molecule has 0 saturated carbocycles. The molecular formula is C16H12FN3S. The first-order chi connectivity index (χ1) is 10.3. The van der Waals surface area contributed by atoms with Crippen LogP contribution in [0.15, 0.2) is 53.9 Å². The van der Waals surface area contributed by atoms with Gasteiger partial charge in [0, 0.05) is 35.8 Å². The van der Waals surface area contributed by atoms with E-state index in [-0.39, 0.29) is 5.82 Å². The largest absolute Gasteiger partial charge is 0.318 e. The van der Waals surface area contributed by atoms with Gasteiger partial charge >= 0.3 is 0 Å². The minimum Gasteiger partial charge on any atom is -0.318 e. The topological polar surface area (TPSA) is 30.7 Å². The Balaban J connectivity index is 1.94. The molecule has 0 aliphatic carbocycles. The van der Waals surface area contributed by atoms with Crippen LogP contribution >= 0.6 is 11.8 Å². The summed E-state index contributed by atoms with van der Waals surface area (Å²) in [5, 5.41) is 1.03. The fourth-order valence-electron chi connectivity index (χ4n) is 2.59. The Morgan fingerprint density at radius 1 is 1.00 bits per heavy atom. The number of benzene rings is 1. The van der Waals surface area contributed by atoms with Gasteiger partial charge in [0.25, 0.3) is 0 Å². The van der Waals surface area contributed by atoms with Crippen molar-refractivity contribution in [1.29, 1.82) is 0 Å². The van der Waals surface area contributed by atoms with Gasteiger partial charge in [-0.25, -0.2) is 9.37 Å². The van der Waals surface area contributed by atoms with Gasteiger partial charge in [0.1, 0.15) is 5.82 Å². The number of thioether (sulfide) groups is 1. The maximum absolute atomic E-state index is 13.2. The van der Waals surface area contributed by atoms with E-state index in [1.54, 1.807) is 24.2 Å². The number of hydrogen-bond acceptors (Lipinski definition) is 3. The van der Waals surface area contributed by atoms with Crippen LogP contribution in [0.5, 0.6) is 0 Å². The van der Waals surface area contributed by atoms with Gasteiger partial charge in [0.15, 0.2) is 5.16 Å². The Kier molecular flexibility index (Phi) is 3.00. The van der Waals surface area contributed by atoms with Gasteiger partial charge in [-0.05, 0) is 36.4 Å². The Hall–Kier alpha value is -2.14. The normalized spacial score (nSPS) is 13.4. The zero-order chi connectivity index (χ0) is 14.2. The van der Waals surface area contributed by atoms with Crippen LogP contribution in [0.2, 0.25) is 0 Å². The van der Waals surface area contributed by atoms with Crippen LogP contribution < -0.4 is 0 Å². The highest BCUT2D eigenvalue weighted by molar-refractivity contribution is 7.99. The molecule has 3 heterocycles. The van der Waals surface area contributed by atoms with Crippen molar-refractivity contribution in [2.75, 3.05) is 5.75 Å². The van der Waals surface area contributed by atoms with E-state index in [9.17, 15) is 4.39 Å². The molecule has 1 aliphatic rings. The summed E-state index contributed by atoms with van der Waals surface area (Å²) < 4.78 is 15.4. The zero-order valence-electron chi connectivity index (χ0n) is 11.2. The fraction of sp³-hybridized carbons (Fsp3) is 0.125. The van der Waals surface area contributed by atoms with Crippen molar-refractivity contribution in [2.24, 2.45) is 0 Å². The average Bonchev–Trinajstić information content (AvgIpc) is 3.10. The van der Waals surface area contributed by atoms with E-state index in [1.165, 1.54) is 12.1 Å². The molecule has 104 valence electrons. The lowest BCUT2D eigenvalue weighted by atomic mass is 10.1. The molecule has 4 rings (SSSR count). The third kappa shape index (κ3) is 2.14. The second-order valence-electron chi connectivity index (χ2n) is 4.83. The standard InChI is InChI=1S/C16H12FN3S/c17-13-3-1-12(2-4-13)15-14(11-5-7-18-8-6-11)19-16-20(15)9-10-21-16/h1-8H,9-10H2. The summed E-state index contributed by atoms with van der Waals surface area (Å²) in [7, 11) is 0. The average molecular weight is 297 g/mol. The fourth-order valence-corrected chi connectivity index (χ4v) is 3.54. The number of hydrogen-bond donors (Lipinski definition) is 0. The molecule has 1 aliphatic heterocycles. The molecule has 0 spiro atoms. The first kappa shape index (κ1) is 12.6. The number of rotatable bonds is 2. The van der Waals surface area contributed by atoms with Crippen LogP contribution in [0, 0.1) is 5.82 Å². The van der Waals surface area contributed by atoms with Gasteiger partial charge in [0.05, 0.1) is 11.4 Å². The number of imidazole rings is 1. The zero-order valence-corrected chi connectivity index (χ0v) is 12.0. The molecule has 0 amide bonds. The van der Waals surface area contributed by atoms with Crippen LogP contribution in [-0.2, 0) is 6.54 Å². The van der Waals surface area contributed by atoms with Crippen molar-refractivity contribution in [2.45, 2.75) is 11.7 Å². The third-order valence-electron chi connectivity index (χ3n) is 3.55. The highest BCUT2D eigenvalue weighted by Gasteiger charge is 2.23. The van der Waals surface area contributed by atoms with Gasteiger partial charge in [-0.15, -0.1) is 0 Å². The molecule has 0 bridgehead atoms. The maximum Gasteiger partial charge on any atom is 0.169 e. The van der Waals surface area contributed by atoms with E-state index in [1.807, 2.05) is 24.3 Å². The summed E-state index contributed by atoms with van der Waals surface area (Å²) in [6.07, 6.45) is 3.53. The summed E-state index contributed by atoms with van der Waals surface area (Å²) in [5.74, 6) is 0.812. The van der Waals surface area contributed by atoms with Crippen LogP contribution in [0.1, 0.15) is 0 Å². The molecule has 0 atom stereocenters. The van der Waals surface area contributed by atoms with Crippen LogP contribution in [0.4, 0.5) is 4.39 Å². The molecule has 3 aromatic rings. The van der Waals surface area contributed by atoms with Gasteiger partial charge < -0.3 is 4.57 Å². The predicted octanol–water partition coefficient (Wildman–Crippen LogP) is 3.86. The van der Waals surface area contributed by atoms with Gasteiger partial charge in [0.2, 0.25) is 0 Å². The van der Waals surface area contributed by atoms with Crippen molar-refractivity contribution in [3.8, 4) is 22.5 Å². The van der Waals surface area contributed by atoms with Gasteiger partial charge in [-0.1, -0.05) is 11.8 Å². The van der Waals surface area contributed by atoms with Crippen molar-refractivity contribution in [1.82, 2.24) is 14.5 Å². The first-order valence-electron chi connectivity index (χ1n) is 6.72. The van der Waals surface area contributed by atoms with Crippen molar-refractivity contribution in [3.63, 3.8) is 0 Å². The van der Waals surface area contributed by atoms with E-state index >= 15 is 0 Å². The summed E-state index contributed by atoms with van der Waals surface area (Å²) in [4.78, 5) is 8.82. The van der Waals surface area contributed by atoms with Crippen molar-refractivity contribution >= 4 is 11.8 Å². The molecule has 0 unspecified atom stereocenters. The lowest BCUT2D eigenvalue weighted by Crippen LogP contribution is -1.97. The third-order valence-corrected chi connectivity index (χ3v) is 4.51. The first-order valence-corrected chi connectivity index (χ1v) is 7.71. The van der Waals surface area contributed by atoms with E-state index in [2.05, 4.69) is 9.55 Å². The molecule has 0 saturated heterocycles. The highest BCUT2D eigenvalue weighted by atomic mass is 32.2. The summed E-state index contributed by atoms with van der Waals surface area (Å²) in [6.45, 7) is 0.935. The molecule has 0 fully saturated rings. The summed E-state index contributed by atoms with van der Waals surface area (Å²) >= 11 is 1.76. The minimum absolute atomic E-state index is 0.222. The molecule has 21 heavy (non-hydrogen) atoms. The second-order valence-corrected chi connectivity index (χ2v) is 5.90. The van der Waals surface area contributed by atoms with E-state index in [4.69, 9.17) is 4.98 Å². The number of pyridine rings is 1. The molecule has 1 aromatic carbocycles. The Morgan fingerprint density at radius 2 is 1.76 bits per heavy atom. The number of nitrogens with zero attached hydrogens (tertiary/aromatic N) is 3. The second kappa shape index (κ2) is 5.00. The van der Waals surface area contributed by atoms with Crippen molar-refractivity contribution < 1.29 is 4.39 Å². The van der Waals surface area contributed by atoms with E-state index < -0.39 is 0 Å². The lowest BCUT2D eigenvalue weighted by Gasteiger charge is -2.08.